The topological polar surface area (TPSA) is 67.8 Å². The van der Waals surface area contributed by atoms with Crippen molar-refractivity contribution in [3.8, 4) is 5.88 Å². The number of methoxy groups -OCH3 is 1. The molecule has 6 nitrogen and oxygen atoms in total. The van der Waals surface area contributed by atoms with E-state index in [0.29, 0.717) is 19.0 Å². The van der Waals surface area contributed by atoms with Crippen LogP contribution in [0, 0.1) is 0 Å². The lowest BCUT2D eigenvalue weighted by molar-refractivity contribution is -0.137. The number of rotatable bonds is 7. The van der Waals surface area contributed by atoms with Gasteiger partial charge in [-0.15, -0.1) is 24.0 Å². The molecule has 0 spiro atoms. The fraction of sp³-hybridized carbons (Fsp3) is 0.600. The van der Waals surface area contributed by atoms with Crippen molar-refractivity contribution < 1.29 is 22.6 Å². The van der Waals surface area contributed by atoms with Gasteiger partial charge in [-0.2, -0.15) is 13.2 Å². The lowest BCUT2D eigenvalue weighted by atomic mass is 10.1. The third-order valence-corrected chi connectivity index (χ3v) is 3.17. The molecule has 25 heavy (non-hydrogen) atoms. The third-order valence-electron chi connectivity index (χ3n) is 3.17. The molecule has 1 aromatic rings. The van der Waals surface area contributed by atoms with E-state index in [-0.39, 0.29) is 42.1 Å². The second kappa shape index (κ2) is 10.6. The molecule has 1 heterocycles. The molecule has 0 saturated carbocycles. The first-order valence-corrected chi connectivity index (χ1v) is 7.33. The SMILES string of the molecule is CN=C(NCCOc1ccc(C(F)(F)F)cn1)NCC(C)(C)OC.I. The molecule has 144 valence electrons. The van der Waals surface area contributed by atoms with E-state index in [1.165, 1.54) is 6.07 Å². The highest BCUT2D eigenvalue weighted by Crippen LogP contribution is 2.29. The van der Waals surface area contributed by atoms with Gasteiger partial charge in [0.15, 0.2) is 5.96 Å². The van der Waals surface area contributed by atoms with Crippen LogP contribution in [0.5, 0.6) is 5.88 Å². The van der Waals surface area contributed by atoms with Crippen molar-refractivity contribution in [3.63, 3.8) is 0 Å². The van der Waals surface area contributed by atoms with Crippen LogP contribution < -0.4 is 15.4 Å². The second-order valence-electron chi connectivity index (χ2n) is 5.55. The van der Waals surface area contributed by atoms with Gasteiger partial charge in [0.05, 0.1) is 17.7 Å². The first kappa shape index (κ1) is 23.7. The maximum atomic E-state index is 12.4. The molecule has 0 aromatic carbocycles. The van der Waals surface area contributed by atoms with Crippen molar-refractivity contribution in [2.24, 2.45) is 4.99 Å². The number of nitrogens with zero attached hydrogens (tertiary/aromatic N) is 2. The largest absolute Gasteiger partial charge is 0.476 e. The molecular weight excluding hydrogens is 452 g/mol. The zero-order chi connectivity index (χ0) is 18.2. The summed E-state index contributed by atoms with van der Waals surface area (Å²) in [4.78, 5) is 7.68. The average molecular weight is 476 g/mol. The van der Waals surface area contributed by atoms with Gasteiger partial charge in [0.2, 0.25) is 5.88 Å². The summed E-state index contributed by atoms with van der Waals surface area (Å²) in [5, 5.41) is 6.12. The van der Waals surface area contributed by atoms with Gasteiger partial charge in [0, 0.05) is 33.0 Å². The van der Waals surface area contributed by atoms with Gasteiger partial charge in [0.1, 0.15) is 6.61 Å². The van der Waals surface area contributed by atoms with Crippen LogP contribution in [0.25, 0.3) is 0 Å². The second-order valence-corrected chi connectivity index (χ2v) is 5.55. The van der Waals surface area contributed by atoms with E-state index in [1.807, 2.05) is 13.8 Å². The summed E-state index contributed by atoms with van der Waals surface area (Å²) in [5.74, 6) is 0.706. The average Bonchev–Trinajstić information content (AvgIpc) is 2.54. The molecule has 0 aliphatic rings. The smallest absolute Gasteiger partial charge is 0.417 e. The van der Waals surface area contributed by atoms with Crippen LogP contribution in [0.4, 0.5) is 13.2 Å². The van der Waals surface area contributed by atoms with Gasteiger partial charge < -0.3 is 20.1 Å². The number of hydrogen-bond acceptors (Lipinski definition) is 4. The molecule has 0 aliphatic heterocycles. The zero-order valence-corrected chi connectivity index (χ0v) is 16.9. The molecule has 10 heteroatoms. The van der Waals surface area contributed by atoms with Crippen molar-refractivity contribution in [1.82, 2.24) is 15.6 Å². The van der Waals surface area contributed by atoms with E-state index in [4.69, 9.17) is 9.47 Å². The maximum Gasteiger partial charge on any atom is 0.417 e. The standard InChI is InChI=1S/C15H23F3N4O2.HI/c1-14(2,23-4)10-22-13(19-3)20-7-8-24-12-6-5-11(9-21-12)15(16,17)18;/h5-6,9H,7-8,10H2,1-4H3,(H2,19,20,22);1H. The van der Waals surface area contributed by atoms with Crippen molar-refractivity contribution in [2.45, 2.75) is 25.6 Å². The van der Waals surface area contributed by atoms with Crippen molar-refractivity contribution in [2.75, 3.05) is 33.9 Å². The van der Waals surface area contributed by atoms with Crippen molar-refractivity contribution in [1.29, 1.82) is 0 Å². The normalized spacial score (nSPS) is 12.4. The van der Waals surface area contributed by atoms with Gasteiger partial charge in [-0.3, -0.25) is 4.99 Å². The minimum atomic E-state index is -4.40. The van der Waals surface area contributed by atoms with E-state index >= 15 is 0 Å². The Morgan fingerprint density at radius 2 is 1.92 bits per heavy atom. The Morgan fingerprint density at radius 3 is 2.40 bits per heavy atom. The van der Waals surface area contributed by atoms with E-state index in [1.54, 1.807) is 14.2 Å². The number of aliphatic imine (C=N–C) groups is 1. The Hall–Kier alpha value is -1.30. The number of pyridine rings is 1. The highest BCUT2D eigenvalue weighted by atomic mass is 127. The predicted molar refractivity (Wildman–Crippen MR) is 101 cm³/mol. The van der Waals surface area contributed by atoms with Crippen LogP contribution in [-0.2, 0) is 10.9 Å². The summed E-state index contributed by atoms with van der Waals surface area (Å²) in [7, 11) is 3.26. The summed E-state index contributed by atoms with van der Waals surface area (Å²) in [6.07, 6.45) is -3.66. The summed E-state index contributed by atoms with van der Waals surface area (Å²) in [5.41, 5.74) is -1.14. The summed E-state index contributed by atoms with van der Waals surface area (Å²) < 4.78 is 47.8. The quantitative estimate of drug-likeness (QED) is 0.274. The van der Waals surface area contributed by atoms with Crippen LogP contribution in [0.2, 0.25) is 0 Å². The van der Waals surface area contributed by atoms with Crippen LogP contribution in [-0.4, -0.2) is 50.4 Å². The first-order chi connectivity index (χ1) is 11.2. The van der Waals surface area contributed by atoms with Crippen molar-refractivity contribution >= 4 is 29.9 Å². The molecule has 0 radical (unpaired) electrons. The molecular formula is C15H24F3IN4O2. The van der Waals surface area contributed by atoms with E-state index < -0.39 is 11.7 Å². The van der Waals surface area contributed by atoms with E-state index in [0.717, 1.165) is 12.3 Å². The number of hydrogen-bond donors (Lipinski definition) is 2. The van der Waals surface area contributed by atoms with E-state index in [9.17, 15) is 13.2 Å². The Bertz CT molecular complexity index is 537. The van der Waals surface area contributed by atoms with Crippen LogP contribution in [0.1, 0.15) is 19.4 Å². The Balaban J connectivity index is 0.00000576. The number of guanidine groups is 1. The minimum Gasteiger partial charge on any atom is -0.476 e. The first-order valence-electron chi connectivity index (χ1n) is 7.33. The van der Waals surface area contributed by atoms with E-state index in [2.05, 4.69) is 20.6 Å². The van der Waals surface area contributed by atoms with Crippen LogP contribution in [0.3, 0.4) is 0 Å². The predicted octanol–water partition coefficient (Wildman–Crippen LogP) is 2.69. The number of alkyl halides is 3. The molecule has 0 saturated heterocycles. The third kappa shape index (κ3) is 9.10. The van der Waals surface area contributed by atoms with Gasteiger partial charge in [-0.1, -0.05) is 0 Å². The number of ether oxygens (including phenoxy) is 2. The maximum absolute atomic E-state index is 12.4. The molecule has 1 rings (SSSR count). The summed E-state index contributed by atoms with van der Waals surface area (Å²) in [6.45, 7) is 5.08. The van der Waals surface area contributed by atoms with Gasteiger partial charge in [-0.05, 0) is 19.9 Å². The number of nitrogens with one attached hydrogen (secondary N) is 2. The summed E-state index contributed by atoms with van der Waals surface area (Å²) >= 11 is 0. The minimum absolute atomic E-state index is 0. The molecule has 0 bridgehead atoms. The molecule has 0 aliphatic carbocycles. The van der Waals surface area contributed by atoms with Crippen molar-refractivity contribution in [3.05, 3.63) is 23.9 Å². The molecule has 0 fully saturated rings. The Kier molecular flexibility index (Phi) is 10.1. The lowest BCUT2D eigenvalue weighted by Gasteiger charge is -2.24. The van der Waals surface area contributed by atoms with Gasteiger partial charge in [0.25, 0.3) is 0 Å². The number of halogens is 4. The van der Waals surface area contributed by atoms with Gasteiger partial charge >= 0.3 is 6.18 Å². The van der Waals surface area contributed by atoms with Crippen LogP contribution in [0.15, 0.2) is 23.3 Å². The number of aromatic nitrogens is 1. The highest BCUT2D eigenvalue weighted by Gasteiger charge is 2.30. The fourth-order valence-electron chi connectivity index (χ4n) is 1.55. The molecule has 0 atom stereocenters. The summed E-state index contributed by atoms with van der Waals surface area (Å²) in [6, 6.07) is 2.13. The Morgan fingerprint density at radius 1 is 1.24 bits per heavy atom. The molecule has 2 N–H and O–H groups in total. The fourth-order valence-corrected chi connectivity index (χ4v) is 1.55. The molecule has 0 amide bonds. The Labute approximate surface area is 162 Å². The molecule has 0 unspecified atom stereocenters. The zero-order valence-electron chi connectivity index (χ0n) is 14.6. The monoisotopic (exact) mass is 476 g/mol. The molecule has 1 aromatic heterocycles. The highest BCUT2D eigenvalue weighted by molar-refractivity contribution is 14.0. The van der Waals surface area contributed by atoms with Crippen LogP contribution >= 0.6 is 24.0 Å². The van der Waals surface area contributed by atoms with Gasteiger partial charge in [-0.25, -0.2) is 4.98 Å². The lowest BCUT2D eigenvalue weighted by Crippen LogP contribution is -2.46.